The molecule has 2 aromatic carbocycles. The lowest BCUT2D eigenvalue weighted by atomic mass is 10.1. The molecular weight excluding hydrogens is 334 g/mol. The summed E-state index contributed by atoms with van der Waals surface area (Å²) in [6, 6.07) is 15.5. The molecule has 1 heterocycles. The van der Waals surface area contributed by atoms with E-state index in [1.54, 1.807) is 12.1 Å². The van der Waals surface area contributed by atoms with Crippen LogP contribution in [0.1, 0.15) is 23.0 Å². The molecule has 0 aliphatic rings. The molecule has 0 spiro atoms. The minimum atomic E-state index is -0.0482. The highest BCUT2D eigenvalue weighted by molar-refractivity contribution is 6.30. The minimum absolute atomic E-state index is 0.0482. The second-order valence-electron chi connectivity index (χ2n) is 6.31. The van der Waals surface area contributed by atoms with E-state index < -0.39 is 0 Å². The third-order valence-corrected chi connectivity index (χ3v) is 4.15. The van der Waals surface area contributed by atoms with Crippen LogP contribution in [0.4, 0.5) is 0 Å². The summed E-state index contributed by atoms with van der Waals surface area (Å²) in [5, 5.41) is 0.653. The van der Waals surface area contributed by atoms with Gasteiger partial charge in [0.2, 0.25) is 0 Å². The molecule has 0 saturated carbocycles. The second-order valence-corrected chi connectivity index (χ2v) is 6.74. The first-order valence-corrected chi connectivity index (χ1v) is 8.43. The Morgan fingerprint density at radius 1 is 1.04 bits per heavy atom. The Balaban J connectivity index is 1.99. The number of hydrogen-bond donors (Lipinski definition) is 1. The van der Waals surface area contributed by atoms with Crippen LogP contribution in [0.2, 0.25) is 5.02 Å². The van der Waals surface area contributed by atoms with E-state index in [1.807, 2.05) is 38.4 Å². The molecule has 3 rings (SSSR count). The number of aromatic nitrogens is 2. The molecule has 1 aromatic heterocycles. The van der Waals surface area contributed by atoms with Gasteiger partial charge in [-0.05, 0) is 31.8 Å². The third-order valence-electron chi connectivity index (χ3n) is 3.90. The van der Waals surface area contributed by atoms with E-state index in [4.69, 9.17) is 11.6 Å². The zero-order valence-corrected chi connectivity index (χ0v) is 15.3. The molecule has 0 atom stereocenters. The van der Waals surface area contributed by atoms with Crippen molar-refractivity contribution < 1.29 is 4.79 Å². The normalized spacial score (nSPS) is 11.1. The molecule has 3 aromatic rings. The first-order chi connectivity index (χ1) is 11.9. The second kappa shape index (κ2) is 7.21. The number of nitrogens with zero attached hydrogens (tertiary/aromatic N) is 2. The van der Waals surface area contributed by atoms with Gasteiger partial charge in [0.05, 0.1) is 5.69 Å². The zero-order valence-electron chi connectivity index (χ0n) is 14.5. The van der Waals surface area contributed by atoms with Gasteiger partial charge in [-0.25, -0.2) is 4.98 Å². The van der Waals surface area contributed by atoms with Crippen molar-refractivity contribution in [1.82, 2.24) is 14.9 Å². The number of imidazole rings is 1. The summed E-state index contributed by atoms with van der Waals surface area (Å²) in [5.41, 5.74) is 4.20. The average molecular weight is 354 g/mol. The molecule has 0 fully saturated rings. The highest BCUT2D eigenvalue weighted by atomic mass is 35.5. The van der Waals surface area contributed by atoms with Gasteiger partial charge in [0, 0.05) is 29.6 Å². The Kier molecular flexibility index (Phi) is 5.02. The van der Waals surface area contributed by atoms with Gasteiger partial charge in [0.1, 0.15) is 11.5 Å². The van der Waals surface area contributed by atoms with Gasteiger partial charge in [-0.2, -0.15) is 0 Å². The Morgan fingerprint density at radius 3 is 2.20 bits per heavy atom. The van der Waals surface area contributed by atoms with Crippen molar-refractivity contribution in [1.29, 1.82) is 0 Å². The van der Waals surface area contributed by atoms with Crippen LogP contribution in [-0.4, -0.2) is 34.7 Å². The summed E-state index contributed by atoms with van der Waals surface area (Å²) < 4.78 is 0. The fraction of sp³-hybridized carbons (Fsp3) is 0.200. The molecule has 0 amide bonds. The van der Waals surface area contributed by atoms with Gasteiger partial charge in [0.15, 0.2) is 5.78 Å². The Hall–Kier alpha value is -2.43. The van der Waals surface area contributed by atoms with E-state index in [-0.39, 0.29) is 5.78 Å². The largest absolute Gasteiger partial charge is 0.335 e. The molecule has 0 bridgehead atoms. The zero-order chi connectivity index (χ0) is 18.0. The van der Waals surface area contributed by atoms with Crippen LogP contribution in [0.3, 0.4) is 0 Å². The number of ketones is 1. The van der Waals surface area contributed by atoms with Crippen LogP contribution >= 0.6 is 11.6 Å². The average Bonchev–Trinajstić information content (AvgIpc) is 3.01. The summed E-state index contributed by atoms with van der Waals surface area (Å²) in [6.07, 6.45) is 0. The Labute approximate surface area is 152 Å². The van der Waals surface area contributed by atoms with Crippen molar-refractivity contribution in [2.24, 2.45) is 0 Å². The lowest BCUT2D eigenvalue weighted by Gasteiger charge is -2.09. The summed E-state index contributed by atoms with van der Waals surface area (Å²) in [4.78, 5) is 22.0. The summed E-state index contributed by atoms with van der Waals surface area (Å²) in [7, 11) is 4.08. The lowest BCUT2D eigenvalue weighted by molar-refractivity contribution is 0.101. The monoisotopic (exact) mass is 353 g/mol. The molecule has 25 heavy (non-hydrogen) atoms. The molecule has 128 valence electrons. The van der Waals surface area contributed by atoms with Crippen LogP contribution in [-0.2, 0) is 6.54 Å². The smallest absolute Gasteiger partial charge is 0.178 e. The van der Waals surface area contributed by atoms with Crippen LogP contribution in [0, 0.1) is 0 Å². The quantitative estimate of drug-likeness (QED) is 0.678. The number of nitrogens with one attached hydrogen (secondary N) is 1. The van der Waals surface area contributed by atoms with Gasteiger partial charge < -0.3 is 9.88 Å². The van der Waals surface area contributed by atoms with Crippen molar-refractivity contribution >= 4 is 17.4 Å². The van der Waals surface area contributed by atoms with Crippen molar-refractivity contribution in [3.63, 3.8) is 0 Å². The molecule has 0 saturated heterocycles. The number of halogens is 1. The highest BCUT2D eigenvalue weighted by Gasteiger charge is 2.16. The molecule has 5 heteroatoms. The minimum Gasteiger partial charge on any atom is -0.335 e. The van der Waals surface area contributed by atoms with Crippen molar-refractivity contribution in [3.05, 3.63) is 64.8 Å². The number of benzene rings is 2. The van der Waals surface area contributed by atoms with Gasteiger partial charge in [-0.3, -0.25) is 4.79 Å². The SMILES string of the molecule is CC(=O)c1[nH]c(-c2ccc(CN(C)C)cc2)nc1-c1ccc(Cl)cc1. The predicted octanol–water partition coefficient (Wildman–Crippen LogP) is 4.66. The fourth-order valence-corrected chi connectivity index (χ4v) is 2.84. The van der Waals surface area contributed by atoms with E-state index in [0.717, 1.165) is 17.7 Å². The fourth-order valence-electron chi connectivity index (χ4n) is 2.71. The molecular formula is C20H20ClN3O. The van der Waals surface area contributed by atoms with Gasteiger partial charge in [0.25, 0.3) is 0 Å². The van der Waals surface area contributed by atoms with Crippen LogP contribution < -0.4 is 0 Å². The number of hydrogen-bond acceptors (Lipinski definition) is 3. The number of Topliss-reactive ketones (excluding diaryl/α,β-unsaturated/α-hetero) is 1. The lowest BCUT2D eigenvalue weighted by Crippen LogP contribution is -2.10. The van der Waals surface area contributed by atoms with E-state index in [2.05, 4.69) is 27.0 Å². The molecule has 0 unspecified atom stereocenters. The molecule has 0 aliphatic carbocycles. The number of carbonyl (C=O) groups is 1. The molecule has 0 radical (unpaired) electrons. The number of carbonyl (C=O) groups excluding carboxylic acids is 1. The number of rotatable bonds is 5. The Morgan fingerprint density at radius 2 is 1.64 bits per heavy atom. The highest BCUT2D eigenvalue weighted by Crippen LogP contribution is 2.27. The summed E-state index contributed by atoms with van der Waals surface area (Å²) in [6.45, 7) is 2.42. The topological polar surface area (TPSA) is 49.0 Å². The van der Waals surface area contributed by atoms with E-state index in [1.165, 1.54) is 12.5 Å². The van der Waals surface area contributed by atoms with E-state index in [9.17, 15) is 4.79 Å². The maximum atomic E-state index is 12.0. The van der Waals surface area contributed by atoms with Crippen LogP contribution in [0.25, 0.3) is 22.6 Å². The van der Waals surface area contributed by atoms with Gasteiger partial charge in [-0.15, -0.1) is 0 Å². The van der Waals surface area contributed by atoms with Gasteiger partial charge >= 0.3 is 0 Å². The summed E-state index contributed by atoms with van der Waals surface area (Å²) >= 11 is 5.95. The molecule has 4 nitrogen and oxygen atoms in total. The van der Waals surface area contributed by atoms with Crippen molar-refractivity contribution in [3.8, 4) is 22.6 Å². The first kappa shape index (κ1) is 17.4. The van der Waals surface area contributed by atoms with Crippen molar-refractivity contribution in [2.45, 2.75) is 13.5 Å². The molecule has 1 N–H and O–H groups in total. The predicted molar refractivity (Wildman–Crippen MR) is 102 cm³/mol. The Bertz CT molecular complexity index is 880. The third kappa shape index (κ3) is 3.98. The van der Waals surface area contributed by atoms with E-state index in [0.29, 0.717) is 22.2 Å². The van der Waals surface area contributed by atoms with E-state index >= 15 is 0 Å². The standard InChI is InChI=1S/C20H20ClN3O/c1-13(25)18-19(15-8-10-17(21)11-9-15)23-20(22-18)16-6-4-14(5-7-16)12-24(2)3/h4-11H,12H2,1-3H3,(H,22,23). The molecule has 0 aliphatic heterocycles. The van der Waals surface area contributed by atoms with Crippen LogP contribution in [0.15, 0.2) is 48.5 Å². The summed E-state index contributed by atoms with van der Waals surface area (Å²) in [5.74, 6) is 0.638. The van der Waals surface area contributed by atoms with Crippen LogP contribution in [0.5, 0.6) is 0 Å². The maximum Gasteiger partial charge on any atom is 0.178 e. The number of aromatic amines is 1. The van der Waals surface area contributed by atoms with Crippen molar-refractivity contribution in [2.75, 3.05) is 14.1 Å². The van der Waals surface area contributed by atoms with Gasteiger partial charge in [-0.1, -0.05) is 48.0 Å². The number of H-pyrrole nitrogens is 1. The first-order valence-electron chi connectivity index (χ1n) is 8.05. The maximum absolute atomic E-state index is 12.0.